The van der Waals surface area contributed by atoms with Crippen molar-refractivity contribution in [1.29, 1.82) is 0 Å². The number of carboxylic acids is 1. The number of hydrogen-bond acceptors (Lipinski definition) is 3. The molecule has 0 amide bonds. The van der Waals surface area contributed by atoms with E-state index in [0.717, 1.165) is 25.1 Å². The van der Waals surface area contributed by atoms with Crippen molar-refractivity contribution < 1.29 is 61.3 Å². The number of carbonyl (C=O) groups excluding carboxylic acids is 1. The number of hydrogen-bond donors (Lipinski definition) is 0. The fourth-order valence-corrected chi connectivity index (χ4v) is 1.36. The smallest absolute Gasteiger partial charge is 0.543 e. The van der Waals surface area contributed by atoms with Crippen LogP contribution in [-0.2, 0) is 13.0 Å². The average molecular weight is 190 g/mol. The van der Waals surface area contributed by atoms with Crippen LogP contribution in [0.15, 0.2) is 6.07 Å². The zero-order valence-electron chi connectivity index (χ0n) is 6.91. The largest absolute Gasteiger partial charge is 1.00 e. The molecule has 12 heavy (non-hydrogen) atoms. The number of carboxylic acid groups (broad SMARTS) is 1. The molecule has 5 heteroatoms. The molecule has 1 aromatic heterocycles. The van der Waals surface area contributed by atoms with Crippen LogP contribution in [0.4, 0.5) is 0 Å². The third-order valence-electron chi connectivity index (χ3n) is 1.88. The van der Waals surface area contributed by atoms with Gasteiger partial charge >= 0.3 is 51.4 Å². The standard InChI is InChI=1S/C7H8N2O2.K/c10-7(11)6-4-5-2-1-3-9(5)8-6;/h4H,1-3H2,(H,10,11);/q;+1/p-1. The number of fused-ring (bicyclic) bond motifs is 1. The summed E-state index contributed by atoms with van der Waals surface area (Å²) < 4.78 is 1.73. The molecular formula is C7H7KN2O2. The molecule has 0 atom stereocenters. The zero-order chi connectivity index (χ0) is 7.84. The predicted octanol–water partition coefficient (Wildman–Crippen LogP) is -3.80. The maximum atomic E-state index is 10.3. The van der Waals surface area contributed by atoms with Gasteiger partial charge in [-0.1, -0.05) is 0 Å². The van der Waals surface area contributed by atoms with Crippen molar-refractivity contribution in [2.75, 3.05) is 0 Å². The Bertz CT molecular complexity index is 287. The third-order valence-corrected chi connectivity index (χ3v) is 1.88. The van der Waals surface area contributed by atoms with Crippen LogP contribution in [0.3, 0.4) is 0 Å². The molecule has 0 N–H and O–H groups in total. The Hall–Kier alpha value is 0.316. The minimum atomic E-state index is -1.19. The number of aromatic nitrogens is 2. The van der Waals surface area contributed by atoms with E-state index in [2.05, 4.69) is 5.10 Å². The molecule has 1 aliphatic rings. The van der Waals surface area contributed by atoms with Crippen molar-refractivity contribution in [1.82, 2.24) is 9.78 Å². The van der Waals surface area contributed by atoms with Gasteiger partial charge < -0.3 is 9.90 Å². The SMILES string of the molecule is O=C([O-])c1cc2n(n1)CCC2.[K+]. The zero-order valence-corrected chi connectivity index (χ0v) is 10.0. The van der Waals surface area contributed by atoms with Gasteiger partial charge in [0.05, 0.1) is 5.97 Å². The van der Waals surface area contributed by atoms with Crippen LogP contribution >= 0.6 is 0 Å². The van der Waals surface area contributed by atoms with Gasteiger partial charge in [-0.15, -0.1) is 0 Å². The van der Waals surface area contributed by atoms with Crippen molar-refractivity contribution in [2.45, 2.75) is 19.4 Å². The monoisotopic (exact) mass is 190 g/mol. The van der Waals surface area contributed by atoms with Crippen molar-refractivity contribution >= 4 is 5.97 Å². The van der Waals surface area contributed by atoms with Crippen LogP contribution in [0, 0.1) is 0 Å². The Morgan fingerprint density at radius 1 is 1.67 bits per heavy atom. The van der Waals surface area contributed by atoms with Gasteiger partial charge in [0.15, 0.2) is 0 Å². The third kappa shape index (κ3) is 1.80. The molecule has 4 nitrogen and oxygen atoms in total. The van der Waals surface area contributed by atoms with E-state index < -0.39 is 5.97 Å². The van der Waals surface area contributed by atoms with Crippen LogP contribution in [0.1, 0.15) is 22.6 Å². The molecule has 0 aliphatic carbocycles. The second-order valence-electron chi connectivity index (χ2n) is 2.64. The Labute approximate surface area is 112 Å². The quantitative estimate of drug-likeness (QED) is 0.427. The van der Waals surface area contributed by atoms with Gasteiger partial charge in [0, 0.05) is 12.2 Å². The Morgan fingerprint density at radius 2 is 2.42 bits per heavy atom. The number of rotatable bonds is 1. The summed E-state index contributed by atoms with van der Waals surface area (Å²) >= 11 is 0. The summed E-state index contributed by atoms with van der Waals surface area (Å²) in [5.74, 6) is -1.19. The maximum absolute atomic E-state index is 10.3. The fourth-order valence-electron chi connectivity index (χ4n) is 1.36. The van der Waals surface area contributed by atoms with Gasteiger partial charge in [0.25, 0.3) is 0 Å². The summed E-state index contributed by atoms with van der Waals surface area (Å²) in [7, 11) is 0. The minimum Gasteiger partial charge on any atom is -0.543 e. The van der Waals surface area contributed by atoms with Crippen molar-refractivity contribution in [2.24, 2.45) is 0 Å². The second-order valence-corrected chi connectivity index (χ2v) is 2.64. The Morgan fingerprint density at radius 3 is 3.00 bits per heavy atom. The molecular weight excluding hydrogens is 183 g/mol. The van der Waals surface area contributed by atoms with E-state index in [1.54, 1.807) is 10.7 Å². The molecule has 0 bridgehead atoms. The first-order valence-electron chi connectivity index (χ1n) is 3.55. The normalized spacial score (nSPS) is 13.7. The Kier molecular flexibility index (Phi) is 3.48. The van der Waals surface area contributed by atoms with Crippen LogP contribution in [0.2, 0.25) is 0 Å². The molecule has 0 aromatic carbocycles. The molecule has 2 heterocycles. The average Bonchev–Trinajstić information content (AvgIpc) is 2.40. The topological polar surface area (TPSA) is 57.9 Å². The molecule has 1 aliphatic heterocycles. The maximum Gasteiger partial charge on any atom is 1.00 e. The number of aromatic carboxylic acids is 1. The van der Waals surface area contributed by atoms with Crippen LogP contribution in [0.25, 0.3) is 0 Å². The van der Waals surface area contributed by atoms with Crippen LogP contribution in [-0.4, -0.2) is 15.7 Å². The van der Waals surface area contributed by atoms with E-state index in [9.17, 15) is 9.90 Å². The minimum absolute atomic E-state index is 0. The van der Waals surface area contributed by atoms with Crippen LogP contribution < -0.4 is 56.5 Å². The molecule has 0 spiro atoms. The first-order valence-corrected chi connectivity index (χ1v) is 3.55. The predicted molar refractivity (Wildman–Crippen MR) is 34.9 cm³/mol. The molecule has 1 aromatic rings. The summed E-state index contributed by atoms with van der Waals surface area (Å²) in [5.41, 5.74) is 1.06. The van der Waals surface area contributed by atoms with Crippen molar-refractivity contribution in [3.63, 3.8) is 0 Å². The van der Waals surface area contributed by atoms with Crippen molar-refractivity contribution in [3.8, 4) is 0 Å². The molecule has 0 unspecified atom stereocenters. The summed E-state index contributed by atoms with van der Waals surface area (Å²) in [6.07, 6.45) is 2.00. The molecule has 0 saturated carbocycles. The second kappa shape index (κ2) is 4.02. The van der Waals surface area contributed by atoms with Gasteiger partial charge in [-0.25, -0.2) is 0 Å². The van der Waals surface area contributed by atoms with E-state index in [4.69, 9.17) is 0 Å². The molecule has 58 valence electrons. The number of aryl methyl sites for hydroxylation is 2. The number of nitrogens with zero attached hydrogens (tertiary/aromatic N) is 2. The fraction of sp³-hybridized carbons (Fsp3) is 0.429. The van der Waals surface area contributed by atoms with E-state index in [1.165, 1.54) is 0 Å². The molecule has 0 saturated heterocycles. The molecule has 0 fully saturated rings. The van der Waals surface area contributed by atoms with Gasteiger partial charge in [-0.2, -0.15) is 5.10 Å². The van der Waals surface area contributed by atoms with Crippen molar-refractivity contribution in [3.05, 3.63) is 17.5 Å². The summed E-state index contributed by atoms with van der Waals surface area (Å²) in [4.78, 5) is 10.3. The van der Waals surface area contributed by atoms with Gasteiger partial charge in [0.1, 0.15) is 5.69 Å². The van der Waals surface area contributed by atoms with E-state index >= 15 is 0 Å². The van der Waals surface area contributed by atoms with Gasteiger partial charge in [-0.05, 0) is 18.9 Å². The van der Waals surface area contributed by atoms with Gasteiger partial charge in [0.2, 0.25) is 0 Å². The van der Waals surface area contributed by atoms with Gasteiger partial charge in [-0.3, -0.25) is 4.68 Å². The first kappa shape index (κ1) is 10.4. The molecule has 0 radical (unpaired) electrons. The summed E-state index contributed by atoms with van der Waals surface area (Å²) in [5, 5.41) is 14.2. The summed E-state index contributed by atoms with van der Waals surface area (Å²) in [6.45, 7) is 0.836. The van der Waals surface area contributed by atoms with E-state index in [0.29, 0.717) is 0 Å². The van der Waals surface area contributed by atoms with E-state index in [-0.39, 0.29) is 57.1 Å². The first-order chi connectivity index (χ1) is 5.27. The summed E-state index contributed by atoms with van der Waals surface area (Å²) in [6, 6.07) is 1.59. The Balaban J connectivity index is 0.000000720. The van der Waals surface area contributed by atoms with Crippen LogP contribution in [0.5, 0.6) is 0 Å². The molecule has 2 rings (SSSR count). The van der Waals surface area contributed by atoms with E-state index in [1.807, 2.05) is 0 Å². The number of carbonyl (C=O) groups is 1.